The minimum absolute atomic E-state index is 0.0371. The van der Waals surface area contributed by atoms with Crippen LogP contribution in [0, 0.1) is 5.92 Å². The monoisotopic (exact) mass is 302 g/mol. The van der Waals surface area contributed by atoms with Gasteiger partial charge in [0.15, 0.2) is 5.78 Å². The van der Waals surface area contributed by atoms with Crippen molar-refractivity contribution >= 4 is 23.4 Å². The Hall–Kier alpha value is -2.13. The summed E-state index contributed by atoms with van der Waals surface area (Å²) in [7, 11) is 0. The lowest BCUT2D eigenvalue weighted by Gasteiger charge is -2.12. The molecule has 0 radical (unpaired) electrons. The van der Waals surface area contributed by atoms with Gasteiger partial charge in [0, 0.05) is 17.0 Å². The van der Waals surface area contributed by atoms with Crippen LogP contribution in [0.5, 0.6) is 0 Å². The van der Waals surface area contributed by atoms with Crippen LogP contribution in [-0.2, 0) is 11.2 Å². The standard InChI is InChI=1S/C17H15ClO3/c18-15-8-4-7-13(10-15)16(19)11-14(17(20)21)9-12-5-2-1-3-6-12/h1-8,10,14H,9,11H2,(H,20,21). The van der Waals surface area contributed by atoms with Crippen molar-refractivity contribution < 1.29 is 14.7 Å². The molecule has 0 aliphatic rings. The number of ketones is 1. The van der Waals surface area contributed by atoms with Gasteiger partial charge in [-0.25, -0.2) is 0 Å². The number of carboxylic acids is 1. The Morgan fingerprint density at radius 3 is 2.38 bits per heavy atom. The first-order valence-electron chi connectivity index (χ1n) is 6.62. The molecular formula is C17H15ClO3. The van der Waals surface area contributed by atoms with Crippen molar-refractivity contribution in [1.82, 2.24) is 0 Å². The third-order valence-electron chi connectivity index (χ3n) is 3.25. The quantitative estimate of drug-likeness (QED) is 0.824. The maximum absolute atomic E-state index is 12.2. The number of carbonyl (C=O) groups is 2. The van der Waals surface area contributed by atoms with Crippen LogP contribution in [-0.4, -0.2) is 16.9 Å². The lowest BCUT2D eigenvalue weighted by atomic mass is 9.92. The fourth-order valence-electron chi connectivity index (χ4n) is 2.15. The van der Waals surface area contributed by atoms with Gasteiger partial charge in [0.25, 0.3) is 0 Å². The summed E-state index contributed by atoms with van der Waals surface area (Å²) >= 11 is 5.85. The molecule has 0 fully saturated rings. The molecule has 0 saturated heterocycles. The summed E-state index contributed by atoms with van der Waals surface area (Å²) in [5.41, 5.74) is 1.35. The van der Waals surface area contributed by atoms with Gasteiger partial charge in [-0.15, -0.1) is 0 Å². The van der Waals surface area contributed by atoms with Crippen LogP contribution in [0.25, 0.3) is 0 Å². The van der Waals surface area contributed by atoms with Crippen molar-refractivity contribution in [2.45, 2.75) is 12.8 Å². The average Bonchev–Trinajstić information content (AvgIpc) is 2.47. The van der Waals surface area contributed by atoms with Gasteiger partial charge >= 0.3 is 5.97 Å². The maximum atomic E-state index is 12.2. The van der Waals surface area contributed by atoms with Gasteiger partial charge in [0.1, 0.15) is 0 Å². The lowest BCUT2D eigenvalue weighted by molar-refractivity contribution is -0.141. The molecule has 0 spiro atoms. The average molecular weight is 303 g/mol. The van der Waals surface area contributed by atoms with Crippen LogP contribution in [0.1, 0.15) is 22.3 Å². The Morgan fingerprint density at radius 2 is 1.76 bits per heavy atom. The van der Waals surface area contributed by atoms with Gasteiger partial charge in [-0.05, 0) is 24.1 Å². The number of rotatable bonds is 6. The SMILES string of the molecule is O=C(CC(Cc1ccccc1)C(=O)O)c1cccc(Cl)c1. The molecule has 2 rings (SSSR count). The van der Waals surface area contributed by atoms with E-state index >= 15 is 0 Å². The van der Waals surface area contributed by atoms with Crippen molar-refractivity contribution in [2.75, 3.05) is 0 Å². The molecule has 4 heteroatoms. The molecule has 2 aromatic rings. The predicted octanol–water partition coefficient (Wildman–Crippen LogP) is 3.86. The molecule has 0 amide bonds. The fourth-order valence-corrected chi connectivity index (χ4v) is 2.34. The smallest absolute Gasteiger partial charge is 0.307 e. The zero-order valence-electron chi connectivity index (χ0n) is 11.3. The highest BCUT2D eigenvalue weighted by Crippen LogP contribution is 2.18. The molecule has 0 bridgehead atoms. The molecule has 21 heavy (non-hydrogen) atoms. The molecule has 1 unspecified atom stereocenters. The van der Waals surface area contributed by atoms with Crippen LogP contribution >= 0.6 is 11.6 Å². The largest absolute Gasteiger partial charge is 0.481 e. The normalized spacial score (nSPS) is 11.9. The summed E-state index contributed by atoms with van der Waals surface area (Å²) in [6.07, 6.45) is 0.299. The van der Waals surface area contributed by atoms with Crippen molar-refractivity contribution in [2.24, 2.45) is 5.92 Å². The van der Waals surface area contributed by atoms with Crippen LogP contribution in [0.3, 0.4) is 0 Å². The van der Waals surface area contributed by atoms with E-state index in [2.05, 4.69) is 0 Å². The highest BCUT2D eigenvalue weighted by molar-refractivity contribution is 6.31. The third kappa shape index (κ3) is 4.43. The molecule has 0 aliphatic carbocycles. The number of hydrogen-bond acceptors (Lipinski definition) is 2. The van der Waals surface area contributed by atoms with Gasteiger partial charge in [0.05, 0.1) is 5.92 Å². The zero-order chi connectivity index (χ0) is 15.2. The first kappa shape index (κ1) is 15.3. The summed E-state index contributed by atoms with van der Waals surface area (Å²) < 4.78 is 0. The Morgan fingerprint density at radius 1 is 1.05 bits per heavy atom. The molecule has 1 atom stereocenters. The zero-order valence-corrected chi connectivity index (χ0v) is 12.1. The minimum Gasteiger partial charge on any atom is -0.481 e. The van der Waals surface area contributed by atoms with E-state index in [1.54, 1.807) is 24.3 Å². The molecule has 0 saturated carbocycles. The molecule has 0 heterocycles. The minimum atomic E-state index is -0.964. The van der Waals surface area contributed by atoms with Gasteiger partial charge in [-0.3, -0.25) is 9.59 Å². The summed E-state index contributed by atoms with van der Waals surface area (Å²) in [4.78, 5) is 23.5. The van der Waals surface area contributed by atoms with E-state index in [9.17, 15) is 14.7 Å². The molecule has 0 aromatic heterocycles. The van der Waals surface area contributed by atoms with E-state index in [-0.39, 0.29) is 12.2 Å². The molecular weight excluding hydrogens is 288 g/mol. The molecule has 3 nitrogen and oxygen atoms in total. The number of halogens is 1. The second-order valence-corrected chi connectivity index (χ2v) is 5.30. The van der Waals surface area contributed by atoms with Gasteiger partial charge in [-0.2, -0.15) is 0 Å². The second kappa shape index (κ2) is 7.04. The van der Waals surface area contributed by atoms with Crippen molar-refractivity contribution in [3.8, 4) is 0 Å². The topological polar surface area (TPSA) is 54.4 Å². The van der Waals surface area contributed by atoms with Gasteiger partial charge < -0.3 is 5.11 Å². The fraction of sp³-hybridized carbons (Fsp3) is 0.176. The first-order chi connectivity index (χ1) is 10.1. The number of carbonyl (C=O) groups excluding carboxylic acids is 1. The molecule has 2 aromatic carbocycles. The van der Waals surface area contributed by atoms with E-state index in [0.717, 1.165) is 5.56 Å². The maximum Gasteiger partial charge on any atom is 0.307 e. The predicted molar refractivity (Wildman–Crippen MR) is 81.7 cm³/mol. The first-order valence-corrected chi connectivity index (χ1v) is 6.99. The van der Waals surface area contributed by atoms with Crippen LogP contribution in [0.2, 0.25) is 5.02 Å². The lowest BCUT2D eigenvalue weighted by Crippen LogP contribution is -2.20. The summed E-state index contributed by atoms with van der Waals surface area (Å²) in [5.74, 6) is -1.91. The summed E-state index contributed by atoms with van der Waals surface area (Å²) in [6, 6.07) is 15.9. The summed E-state index contributed by atoms with van der Waals surface area (Å²) in [5, 5.41) is 9.77. The molecule has 1 N–H and O–H groups in total. The van der Waals surface area contributed by atoms with Crippen molar-refractivity contribution in [1.29, 1.82) is 0 Å². The Labute approximate surface area is 128 Å². The Bertz CT molecular complexity index is 637. The van der Waals surface area contributed by atoms with E-state index in [4.69, 9.17) is 11.6 Å². The van der Waals surface area contributed by atoms with Crippen molar-refractivity contribution in [3.05, 3.63) is 70.7 Å². The Kier molecular flexibility index (Phi) is 5.12. The van der Waals surface area contributed by atoms with E-state index in [1.165, 1.54) is 0 Å². The summed E-state index contributed by atoms with van der Waals surface area (Å²) in [6.45, 7) is 0. The van der Waals surface area contributed by atoms with Crippen LogP contribution in [0.15, 0.2) is 54.6 Å². The third-order valence-corrected chi connectivity index (χ3v) is 3.49. The van der Waals surface area contributed by atoms with E-state index in [1.807, 2.05) is 30.3 Å². The number of hydrogen-bond donors (Lipinski definition) is 1. The number of aliphatic carboxylic acids is 1. The highest BCUT2D eigenvalue weighted by atomic mass is 35.5. The molecule has 0 aliphatic heterocycles. The number of benzene rings is 2. The van der Waals surface area contributed by atoms with Crippen molar-refractivity contribution in [3.63, 3.8) is 0 Å². The number of carboxylic acid groups (broad SMARTS) is 1. The Balaban J connectivity index is 2.10. The van der Waals surface area contributed by atoms with E-state index < -0.39 is 11.9 Å². The van der Waals surface area contributed by atoms with Crippen LogP contribution in [0.4, 0.5) is 0 Å². The van der Waals surface area contributed by atoms with E-state index in [0.29, 0.717) is 17.0 Å². The van der Waals surface area contributed by atoms with Gasteiger partial charge in [0.2, 0.25) is 0 Å². The molecule has 108 valence electrons. The number of Topliss-reactive ketones (excluding diaryl/α,β-unsaturated/α-hetero) is 1. The highest BCUT2D eigenvalue weighted by Gasteiger charge is 2.22. The second-order valence-electron chi connectivity index (χ2n) is 4.86. The van der Waals surface area contributed by atoms with Crippen LogP contribution < -0.4 is 0 Å². The van der Waals surface area contributed by atoms with Gasteiger partial charge in [-0.1, -0.05) is 54.1 Å².